The first-order chi connectivity index (χ1) is 5.74. The van der Waals surface area contributed by atoms with E-state index in [0.29, 0.717) is 6.04 Å². The largest absolute Gasteiger partial charge is 0.379 e. The van der Waals surface area contributed by atoms with E-state index in [2.05, 4.69) is 25.7 Å². The van der Waals surface area contributed by atoms with E-state index in [0.717, 1.165) is 25.7 Å². The molecule has 2 heteroatoms. The fraction of sp³-hybridized carbons (Fsp3) is 1.00. The molecule has 0 bridgehead atoms. The lowest BCUT2D eigenvalue weighted by Gasteiger charge is -2.34. The van der Waals surface area contributed by atoms with Gasteiger partial charge in [-0.2, -0.15) is 0 Å². The molecule has 2 atom stereocenters. The first-order valence-corrected chi connectivity index (χ1v) is 5.05. The van der Waals surface area contributed by atoms with E-state index in [1.54, 1.807) is 0 Å². The van der Waals surface area contributed by atoms with Gasteiger partial charge in [0.15, 0.2) is 0 Å². The summed E-state index contributed by atoms with van der Waals surface area (Å²) in [5.74, 6) is 0.825. The number of rotatable bonds is 3. The average Bonchev–Trinajstić information content (AvgIpc) is 2.09. The molecule has 12 heavy (non-hydrogen) atoms. The van der Waals surface area contributed by atoms with Gasteiger partial charge >= 0.3 is 0 Å². The Labute approximate surface area is 75.9 Å². The molecule has 0 aromatic heterocycles. The summed E-state index contributed by atoms with van der Waals surface area (Å²) < 4.78 is 5.39. The average molecular weight is 171 g/mol. The summed E-state index contributed by atoms with van der Waals surface area (Å²) in [5.41, 5.74) is 0. The molecule has 1 aliphatic heterocycles. The van der Waals surface area contributed by atoms with Crippen molar-refractivity contribution in [1.29, 1.82) is 0 Å². The molecule has 1 rings (SSSR count). The Morgan fingerprint density at radius 3 is 2.92 bits per heavy atom. The smallest absolute Gasteiger partial charge is 0.0619 e. The van der Waals surface area contributed by atoms with Gasteiger partial charge in [0, 0.05) is 19.1 Å². The topological polar surface area (TPSA) is 12.5 Å². The highest BCUT2D eigenvalue weighted by atomic mass is 16.5. The number of ether oxygens (including phenoxy) is 1. The van der Waals surface area contributed by atoms with Crippen LogP contribution in [0.5, 0.6) is 0 Å². The van der Waals surface area contributed by atoms with Crippen LogP contribution in [0.2, 0.25) is 0 Å². The van der Waals surface area contributed by atoms with Gasteiger partial charge in [-0.1, -0.05) is 20.3 Å². The van der Waals surface area contributed by atoms with Crippen LogP contribution in [0.25, 0.3) is 0 Å². The van der Waals surface area contributed by atoms with Gasteiger partial charge in [-0.3, -0.25) is 4.90 Å². The summed E-state index contributed by atoms with van der Waals surface area (Å²) in [6, 6.07) is 0.618. The lowest BCUT2D eigenvalue weighted by molar-refractivity contribution is -0.00636. The molecule has 2 nitrogen and oxygen atoms in total. The molecule has 0 amide bonds. The number of nitrogens with zero attached hydrogens (tertiary/aromatic N) is 1. The molecular weight excluding hydrogens is 150 g/mol. The number of morpholine rings is 1. The second-order valence-electron chi connectivity index (χ2n) is 3.93. The van der Waals surface area contributed by atoms with Crippen molar-refractivity contribution in [3.05, 3.63) is 0 Å². The Kier molecular flexibility index (Phi) is 4.02. The molecule has 0 aliphatic carbocycles. The minimum absolute atomic E-state index is 0.618. The zero-order valence-corrected chi connectivity index (χ0v) is 8.55. The molecule has 1 saturated heterocycles. The molecule has 1 heterocycles. The van der Waals surface area contributed by atoms with Crippen molar-refractivity contribution in [3.8, 4) is 0 Å². The summed E-state index contributed by atoms with van der Waals surface area (Å²) in [6.45, 7) is 11.0. The highest BCUT2D eigenvalue weighted by molar-refractivity contribution is 4.72. The highest BCUT2D eigenvalue weighted by Crippen LogP contribution is 2.10. The number of hydrogen-bond acceptors (Lipinski definition) is 2. The summed E-state index contributed by atoms with van der Waals surface area (Å²) >= 11 is 0. The SMILES string of the molecule is CC[C@@H](C)CN1CCOC[C@H]1C. The summed E-state index contributed by atoms with van der Waals surface area (Å²) in [5, 5.41) is 0. The van der Waals surface area contributed by atoms with Crippen molar-refractivity contribution in [1.82, 2.24) is 4.90 Å². The van der Waals surface area contributed by atoms with Gasteiger partial charge in [0.1, 0.15) is 0 Å². The van der Waals surface area contributed by atoms with Crippen LogP contribution in [0.15, 0.2) is 0 Å². The monoisotopic (exact) mass is 171 g/mol. The standard InChI is InChI=1S/C10H21NO/c1-4-9(2)7-11-5-6-12-8-10(11)3/h9-10H,4-8H2,1-3H3/t9-,10-/m1/s1. The molecule has 0 aromatic carbocycles. The minimum atomic E-state index is 0.618. The van der Waals surface area contributed by atoms with Crippen LogP contribution in [0.3, 0.4) is 0 Å². The Morgan fingerprint density at radius 2 is 2.33 bits per heavy atom. The van der Waals surface area contributed by atoms with E-state index in [1.807, 2.05) is 0 Å². The van der Waals surface area contributed by atoms with Gasteiger partial charge in [0.2, 0.25) is 0 Å². The van der Waals surface area contributed by atoms with Crippen molar-refractivity contribution in [2.75, 3.05) is 26.3 Å². The Morgan fingerprint density at radius 1 is 1.58 bits per heavy atom. The minimum Gasteiger partial charge on any atom is -0.379 e. The van der Waals surface area contributed by atoms with Crippen molar-refractivity contribution >= 4 is 0 Å². The molecule has 1 aliphatic rings. The van der Waals surface area contributed by atoms with Crippen LogP contribution in [-0.2, 0) is 4.74 Å². The van der Waals surface area contributed by atoms with E-state index in [9.17, 15) is 0 Å². The second kappa shape index (κ2) is 4.83. The second-order valence-corrected chi connectivity index (χ2v) is 3.93. The molecule has 0 saturated carbocycles. The van der Waals surface area contributed by atoms with Crippen LogP contribution in [-0.4, -0.2) is 37.2 Å². The van der Waals surface area contributed by atoms with E-state index in [4.69, 9.17) is 4.74 Å². The van der Waals surface area contributed by atoms with Crippen LogP contribution >= 0.6 is 0 Å². The summed E-state index contributed by atoms with van der Waals surface area (Å²) in [4.78, 5) is 2.54. The predicted molar refractivity (Wildman–Crippen MR) is 51.3 cm³/mol. The Bertz CT molecular complexity index is 127. The molecule has 0 radical (unpaired) electrons. The van der Waals surface area contributed by atoms with E-state index in [-0.39, 0.29) is 0 Å². The fourth-order valence-corrected chi connectivity index (χ4v) is 1.56. The van der Waals surface area contributed by atoms with Crippen molar-refractivity contribution in [2.24, 2.45) is 5.92 Å². The normalized spacial score (nSPS) is 28.8. The van der Waals surface area contributed by atoms with Gasteiger partial charge in [-0.15, -0.1) is 0 Å². The lowest BCUT2D eigenvalue weighted by Crippen LogP contribution is -2.45. The third-order valence-electron chi connectivity index (χ3n) is 2.75. The molecule has 1 fully saturated rings. The van der Waals surface area contributed by atoms with Gasteiger partial charge in [0.25, 0.3) is 0 Å². The maximum Gasteiger partial charge on any atom is 0.0619 e. The zero-order valence-electron chi connectivity index (χ0n) is 8.55. The van der Waals surface area contributed by atoms with Gasteiger partial charge in [0.05, 0.1) is 13.2 Å². The maximum absolute atomic E-state index is 5.39. The third kappa shape index (κ3) is 2.76. The van der Waals surface area contributed by atoms with Crippen molar-refractivity contribution < 1.29 is 4.74 Å². The first-order valence-electron chi connectivity index (χ1n) is 5.05. The molecule has 0 N–H and O–H groups in total. The summed E-state index contributed by atoms with van der Waals surface area (Å²) in [6.07, 6.45) is 1.28. The Hall–Kier alpha value is -0.0800. The van der Waals surface area contributed by atoms with Crippen LogP contribution < -0.4 is 0 Å². The maximum atomic E-state index is 5.39. The lowest BCUT2D eigenvalue weighted by atomic mass is 10.1. The number of hydrogen-bond donors (Lipinski definition) is 0. The highest BCUT2D eigenvalue weighted by Gasteiger charge is 2.19. The van der Waals surface area contributed by atoms with Gasteiger partial charge in [-0.05, 0) is 12.8 Å². The van der Waals surface area contributed by atoms with Crippen LogP contribution in [0, 0.1) is 5.92 Å². The molecule has 0 aromatic rings. The van der Waals surface area contributed by atoms with E-state index in [1.165, 1.54) is 13.0 Å². The van der Waals surface area contributed by atoms with Crippen molar-refractivity contribution in [2.45, 2.75) is 33.2 Å². The third-order valence-corrected chi connectivity index (χ3v) is 2.75. The molecule has 0 spiro atoms. The van der Waals surface area contributed by atoms with E-state index >= 15 is 0 Å². The van der Waals surface area contributed by atoms with Crippen LogP contribution in [0.1, 0.15) is 27.2 Å². The molecule has 0 unspecified atom stereocenters. The quantitative estimate of drug-likeness (QED) is 0.641. The Balaban J connectivity index is 2.28. The van der Waals surface area contributed by atoms with Gasteiger partial charge < -0.3 is 4.74 Å². The van der Waals surface area contributed by atoms with E-state index < -0.39 is 0 Å². The van der Waals surface area contributed by atoms with Crippen LogP contribution in [0.4, 0.5) is 0 Å². The fourth-order valence-electron chi connectivity index (χ4n) is 1.56. The summed E-state index contributed by atoms with van der Waals surface area (Å²) in [7, 11) is 0. The molecule has 72 valence electrons. The van der Waals surface area contributed by atoms with Gasteiger partial charge in [-0.25, -0.2) is 0 Å². The van der Waals surface area contributed by atoms with Crippen molar-refractivity contribution in [3.63, 3.8) is 0 Å². The first kappa shape index (κ1) is 10.0. The predicted octanol–water partition coefficient (Wildman–Crippen LogP) is 1.75. The molecular formula is C10H21NO. The zero-order chi connectivity index (χ0) is 8.97.